The third-order valence-electron chi connectivity index (χ3n) is 2.37. The Morgan fingerprint density at radius 2 is 1.89 bits per heavy atom. The first-order chi connectivity index (χ1) is 8.38. The largest absolute Gasteiger partial charge is 0.396 e. The third-order valence-corrected chi connectivity index (χ3v) is 2.37. The summed E-state index contributed by atoms with van der Waals surface area (Å²) in [6, 6.07) is 0.790. The number of aliphatic hydroxyl groups excluding tert-OH is 3. The molecule has 0 bridgehead atoms. The molecule has 1 aromatic rings. The molecule has 0 radical (unpaired) electrons. The Hall–Kier alpha value is -1.64. The number of nitrogens with zero attached hydrogens (tertiary/aromatic N) is 1. The maximum atomic E-state index is 13.3. The lowest BCUT2D eigenvalue weighted by Crippen LogP contribution is -2.20. The van der Waals surface area contributed by atoms with Gasteiger partial charge < -0.3 is 15.3 Å². The van der Waals surface area contributed by atoms with Crippen LogP contribution in [-0.4, -0.2) is 33.0 Å². The standard InChI is InChI=1S/C10H11F2NO5/c11-6-4-7(12)8(13(17)18)3-5(6)10(16)9(15)1-2-14/h3-4,9-10,14-16H,1-2H2. The first kappa shape index (κ1) is 14.4. The fourth-order valence-electron chi connectivity index (χ4n) is 1.42. The highest BCUT2D eigenvalue weighted by atomic mass is 19.1. The zero-order valence-electron chi connectivity index (χ0n) is 9.08. The van der Waals surface area contributed by atoms with E-state index in [4.69, 9.17) is 5.11 Å². The number of nitro groups is 1. The molecule has 0 saturated heterocycles. The first-order valence-electron chi connectivity index (χ1n) is 4.98. The Labute approximate surface area is 100 Å². The molecular weight excluding hydrogens is 252 g/mol. The van der Waals surface area contributed by atoms with Crippen LogP contribution in [0, 0.1) is 21.7 Å². The van der Waals surface area contributed by atoms with Gasteiger partial charge in [-0.3, -0.25) is 10.1 Å². The van der Waals surface area contributed by atoms with Crippen molar-refractivity contribution in [3.63, 3.8) is 0 Å². The molecule has 6 nitrogen and oxygen atoms in total. The second-order valence-electron chi connectivity index (χ2n) is 3.61. The van der Waals surface area contributed by atoms with Gasteiger partial charge in [-0.25, -0.2) is 4.39 Å². The summed E-state index contributed by atoms with van der Waals surface area (Å²) in [5.41, 5.74) is -1.59. The monoisotopic (exact) mass is 263 g/mol. The van der Waals surface area contributed by atoms with E-state index in [-0.39, 0.29) is 12.5 Å². The lowest BCUT2D eigenvalue weighted by molar-refractivity contribution is -0.387. The first-order valence-corrected chi connectivity index (χ1v) is 4.98. The van der Waals surface area contributed by atoms with Crippen molar-refractivity contribution in [1.29, 1.82) is 0 Å². The summed E-state index contributed by atoms with van der Waals surface area (Å²) in [6.07, 6.45) is -3.53. The van der Waals surface area contributed by atoms with Crippen LogP contribution in [0.4, 0.5) is 14.5 Å². The summed E-state index contributed by atoms with van der Waals surface area (Å²) in [7, 11) is 0. The molecule has 1 rings (SSSR count). The fourth-order valence-corrected chi connectivity index (χ4v) is 1.42. The van der Waals surface area contributed by atoms with Gasteiger partial charge in [0.25, 0.3) is 0 Å². The smallest absolute Gasteiger partial charge is 0.305 e. The second-order valence-corrected chi connectivity index (χ2v) is 3.61. The molecule has 0 fully saturated rings. The number of hydrogen-bond donors (Lipinski definition) is 3. The van der Waals surface area contributed by atoms with E-state index in [1.807, 2.05) is 0 Å². The third kappa shape index (κ3) is 2.97. The van der Waals surface area contributed by atoms with Crippen LogP contribution in [-0.2, 0) is 0 Å². The highest BCUT2D eigenvalue weighted by Gasteiger charge is 2.26. The van der Waals surface area contributed by atoms with E-state index in [2.05, 4.69) is 0 Å². The molecule has 100 valence electrons. The van der Waals surface area contributed by atoms with E-state index in [1.165, 1.54) is 0 Å². The fraction of sp³-hybridized carbons (Fsp3) is 0.400. The molecule has 8 heteroatoms. The second kappa shape index (κ2) is 5.80. The summed E-state index contributed by atoms with van der Waals surface area (Å²) in [6.45, 7) is -0.455. The SMILES string of the molecule is O=[N+]([O-])c1cc(C(O)C(O)CCO)c(F)cc1F. The lowest BCUT2D eigenvalue weighted by Gasteiger charge is -2.17. The Morgan fingerprint density at radius 3 is 2.39 bits per heavy atom. The van der Waals surface area contributed by atoms with Crippen molar-refractivity contribution in [2.75, 3.05) is 6.61 Å². The summed E-state index contributed by atoms with van der Waals surface area (Å²) < 4.78 is 26.4. The molecule has 0 aliphatic rings. The zero-order valence-corrected chi connectivity index (χ0v) is 9.08. The summed E-state index contributed by atoms with van der Waals surface area (Å²) >= 11 is 0. The van der Waals surface area contributed by atoms with Gasteiger partial charge in [-0.05, 0) is 6.42 Å². The van der Waals surface area contributed by atoms with Gasteiger partial charge in [-0.2, -0.15) is 4.39 Å². The molecule has 2 atom stereocenters. The van der Waals surface area contributed by atoms with Gasteiger partial charge >= 0.3 is 5.69 Å². The number of halogens is 2. The van der Waals surface area contributed by atoms with Crippen molar-refractivity contribution in [2.24, 2.45) is 0 Å². The van der Waals surface area contributed by atoms with Crippen LogP contribution in [0.5, 0.6) is 0 Å². The minimum atomic E-state index is -1.78. The molecule has 0 heterocycles. The Bertz CT molecular complexity index is 454. The molecule has 1 aromatic carbocycles. The number of hydrogen-bond acceptors (Lipinski definition) is 5. The molecule has 0 aliphatic carbocycles. The lowest BCUT2D eigenvalue weighted by atomic mass is 10.0. The summed E-state index contributed by atoms with van der Waals surface area (Å²) in [5, 5.41) is 37.9. The highest BCUT2D eigenvalue weighted by Crippen LogP contribution is 2.28. The van der Waals surface area contributed by atoms with Crippen molar-refractivity contribution in [1.82, 2.24) is 0 Å². The number of aliphatic hydroxyl groups is 3. The number of rotatable bonds is 5. The van der Waals surface area contributed by atoms with Gasteiger partial charge in [0.15, 0.2) is 0 Å². The van der Waals surface area contributed by atoms with Crippen LogP contribution in [0.3, 0.4) is 0 Å². The van der Waals surface area contributed by atoms with Crippen LogP contribution in [0.25, 0.3) is 0 Å². The molecule has 18 heavy (non-hydrogen) atoms. The van der Waals surface area contributed by atoms with Crippen LogP contribution >= 0.6 is 0 Å². The van der Waals surface area contributed by atoms with E-state index >= 15 is 0 Å². The van der Waals surface area contributed by atoms with Gasteiger partial charge in [-0.15, -0.1) is 0 Å². The predicted molar refractivity (Wildman–Crippen MR) is 55.7 cm³/mol. The molecule has 0 amide bonds. The van der Waals surface area contributed by atoms with Crippen molar-refractivity contribution in [3.8, 4) is 0 Å². The summed E-state index contributed by atoms with van der Waals surface area (Å²) in [5.74, 6) is -2.58. The van der Waals surface area contributed by atoms with Crippen LogP contribution in [0.1, 0.15) is 18.1 Å². The average Bonchev–Trinajstić information content (AvgIpc) is 2.28. The van der Waals surface area contributed by atoms with Gasteiger partial charge in [0.05, 0.1) is 11.0 Å². The van der Waals surface area contributed by atoms with Crippen molar-refractivity contribution >= 4 is 5.69 Å². The minimum absolute atomic E-state index is 0.244. The highest BCUT2D eigenvalue weighted by molar-refractivity contribution is 5.38. The van der Waals surface area contributed by atoms with Gasteiger partial charge in [0.1, 0.15) is 11.9 Å². The average molecular weight is 263 g/mol. The van der Waals surface area contributed by atoms with Crippen molar-refractivity contribution < 1.29 is 29.0 Å². The van der Waals surface area contributed by atoms with Gasteiger partial charge in [0.2, 0.25) is 5.82 Å². The molecule has 0 spiro atoms. The van der Waals surface area contributed by atoms with E-state index in [0.717, 1.165) is 0 Å². The number of nitro benzene ring substituents is 1. The van der Waals surface area contributed by atoms with Gasteiger partial charge in [0, 0.05) is 24.3 Å². The van der Waals surface area contributed by atoms with Crippen LogP contribution in [0.15, 0.2) is 12.1 Å². The molecule has 3 N–H and O–H groups in total. The molecule has 0 aliphatic heterocycles. The normalized spacial score (nSPS) is 14.3. The van der Waals surface area contributed by atoms with Crippen molar-refractivity contribution in [2.45, 2.75) is 18.6 Å². The summed E-state index contributed by atoms with van der Waals surface area (Å²) in [4.78, 5) is 9.40. The van der Waals surface area contributed by atoms with Gasteiger partial charge in [-0.1, -0.05) is 0 Å². The number of benzene rings is 1. The maximum Gasteiger partial charge on any atom is 0.305 e. The molecular formula is C10H11F2NO5. The Balaban J connectivity index is 3.15. The zero-order chi connectivity index (χ0) is 13.9. The van der Waals surface area contributed by atoms with Crippen LogP contribution in [0.2, 0.25) is 0 Å². The quantitative estimate of drug-likeness (QED) is 0.534. The molecule has 2 unspecified atom stereocenters. The van der Waals surface area contributed by atoms with E-state index in [0.29, 0.717) is 6.07 Å². The van der Waals surface area contributed by atoms with Crippen LogP contribution < -0.4 is 0 Å². The molecule has 0 aromatic heterocycles. The maximum absolute atomic E-state index is 13.3. The predicted octanol–water partition coefficient (Wildman–Crippen LogP) is 0.650. The van der Waals surface area contributed by atoms with E-state index < -0.39 is 46.6 Å². The Morgan fingerprint density at radius 1 is 1.28 bits per heavy atom. The minimum Gasteiger partial charge on any atom is -0.396 e. The topological polar surface area (TPSA) is 104 Å². The van der Waals surface area contributed by atoms with E-state index in [1.54, 1.807) is 0 Å². The molecule has 0 saturated carbocycles. The van der Waals surface area contributed by atoms with Crippen molar-refractivity contribution in [3.05, 3.63) is 39.4 Å². The Kier molecular flexibility index (Phi) is 4.65. The van der Waals surface area contributed by atoms with E-state index in [9.17, 15) is 29.1 Å².